The number of hydrogen-bond donors (Lipinski definition) is 3. The van der Waals surface area contributed by atoms with E-state index < -0.39 is 35.7 Å². The van der Waals surface area contributed by atoms with E-state index in [4.69, 9.17) is 11.6 Å². The molecule has 13 heteroatoms. The summed E-state index contributed by atoms with van der Waals surface area (Å²) in [7, 11) is 0. The van der Waals surface area contributed by atoms with E-state index in [0.717, 1.165) is 11.6 Å². The van der Waals surface area contributed by atoms with Crippen LogP contribution in [-0.2, 0) is 16.0 Å². The van der Waals surface area contributed by atoms with Gasteiger partial charge >= 0.3 is 0 Å². The van der Waals surface area contributed by atoms with E-state index in [2.05, 4.69) is 26.2 Å². The van der Waals surface area contributed by atoms with Crippen LogP contribution in [0.1, 0.15) is 34.3 Å². The molecule has 3 aromatic carbocycles. The number of aromatic nitrogens is 4. The van der Waals surface area contributed by atoms with Crippen LogP contribution in [0, 0.1) is 5.82 Å². The van der Waals surface area contributed by atoms with Crippen molar-refractivity contribution in [3.8, 4) is 5.69 Å². The summed E-state index contributed by atoms with van der Waals surface area (Å²) in [5.41, 5.74) is 2.11. The minimum Gasteiger partial charge on any atom is -0.391 e. The maximum absolute atomic E-state index is 14.9. The Bertz CT molecular complexity index is 1670. The van der Waals surface area contributed by atoms with Crippen LogP contribution in [-0.4, -0.2) is 73.2 Å². The van der Waals surface area contributed by atoms with Crippen molar-refractivity contribution in [3.63, 3.8) is 0 Å². The number of β-amino-alcohol motifs (C(OH)–C–C–N with tert-alkyl or cyclic N) is 1. The van der Waals surface area contributed by atoms with E-state index in [9.17, 15) is 23.9 Å². The maximum atomic E-state index is 14.9. The molecular formula is C31H29ClFN7O4. The number of hydrogen-bond acceptors (Lipinski definition) is 7. The molecule has 1 aromatic heterocycles. The zero-order valence-corrected chi connectivity index (χ0v) is 24.2. The van der Waals surface area contributed by atoms with E-state index in [1.54, 1.807) is 18.2 Å². The number of carbonyl (C=O) groups excluding carboxylic acids is 3. The topological polar surface area (TPSA) is 142 Å². The number of likely N-dealkylation sites (tertiary alicyclic amines) is 1. The first-order valence-electron chi connectivity index (χ1n) is 13.9. The third-order valence-electron chi connectivity index (χ3n) is 7.11. The number of carbonyl (C=O) groups is 3. The Kier molecular flexibility index (Phi) is 9.72. The molecule has 3 amide bonds. The Balaban J connectivity index is 1.30. The van der Waals surface area contributed by atoms with E-state index in [0.29, 0.717) is 35.7 Å². The monoisotopic (exact) mass is 617 g/mol. The summed E-state index contributed by atoms with van der Waals surface area (Å²) in [5, 5.41) is 26.7. The zero-order valence-electron chi connectivity index (χ0n) is 23.4. The summed E-state index contributed by atoms with van der Waals surface area (Å²) in [4.78, 5) is 40.4. The van der Waals surface area contributed by atoms with Gasteiger partial charge in [0.05, 0.1) is 17.4 Å². The fourth-order valence-electron chi connectivity index (χ4n) is 4.84. The first kappa shape index (κ1) is 30.5. The second-order valence-electron chi connectivity index (χ2n) is 10.3. The van der Waals surface area contributed by atoms with Gasteiger partial charge in [-0.15, -0.1) is 5.10 Å². The summed E-state index contributed by atoms with van der Waals surface area (Å²) in [6, 6.07) is 17.3. The van der Waals surface area contributed by atoms with Crippen LogP contribution in [0.25, 0.3) is 11.8 Å². The number of aliphatic hydroxyl groups excluding tert-OH is 1. The smallest absolute Gasteiger partial charge is 0.256 e. The van der Waals surface area contributed by atoms with Gasteiger partial charge in [-0.1, -0.05) is 41.9 Å². The fourth-order valence-corrected chi connectivity index (χ4v) is 5.02. The van der Waals surface area contributed by atoms with Gasteiger partial charge in [-0.3, -0.25) is 14.4 Å². The van der Waals surface area contributed by atoms with Crippen molar-refractivity contribution < 1.29 is 23.9 Å². The molecule has 0 spiro atoms. The van der Waals surface area contributed by atoms with Crippen LogP contribution in [0.2, 0.25) is 5.02 Å². The first-order valence-corrected chi connectivity index (χ1v) is 14.3. The first-order chi connectivity index (χ1) is 21.3. The number of rotatable bonds is 10. The number of benzene rings is 3. The molecule has 1 fully saturated rings. The lowest BCUT2D eigenvalue weighted by atomic mass is 10.0. The molecule has 3 N–H and O–H groups in total. The number of tetrazole rings is 1. The summed E-state index contributed by atoms with van der Waals surface area (Å²) >= 11 is 6.17. The molecule has 0 unspecified atom stereocenters. The number of aryl methyl sites for hydroxylation is 1. The van der Waals surface area contributed by atoms with Crippen molar-refractivity contribution in [2.45, 2.75) is 31.4 Å². The molecule has 0 radical (unpaired) electrons. The minimum absolute atomic E-state index is 0.130. The molecule has 1 saturated heterocycles. The highest BCUT2D eigenvalue weighted by molar-refractivity contribution is 6.30. The molecule has 0 saturated carbocycles. The molecule has 0 aliphatic carbocycles. The quantitative estimate of drug-likeness (QED) is 0.231. The predicted octanol–water partition coefficient (Wildman–Crippen LogP) is 3.43. The number of nitrogens with zero attached hydrogens (tertiary/aromatic N) is 5. The van der Waals surface area contributed by atoms with Crippen molar-refractivity contribution in [1.82, 2.24) is 30.4 Å². The Labute approximate surface area is 257 Å². The summed E-state index contributed by atoms with van der Waals surface area (Å²) in [5.74, 6) is -2.43. The SMILES string of the molecule is O=C(/C=C/c1cc(Cl)ccc1-n1cnnn1)N[C@@H](CCc1ccccc1)C(=O)Nc1ccc(C(=O)N2CC[C@@H](O)C2)c(F)c1. The molecule has 11 nitrogen and oxygen atoms in total. The average Bonchev–Trinajstić information content (AvgIpc) is 3.71. The highest BCUT2D eigenvalue weighted by atomic mass is 35.5. The van der Waals surface area contributed by atoms with E-state index in [1.165, 1.54) is 40.2 Å². The van der Waals surface area contributed by atoms with E-state index in [-0.39, 0.29) is 24.2 Å². The maximum Gasteiger partial charge on any atom is 0.256 e. The van der Waals surface area contributed by atoms with E-state index in [1.807, 2.05) is 30.3 Å². The van der Waals surface area contributed by atoms with Gasteiger partial charge in [0.15, 0.2) is 0 Å². The second-order valence-corrected chi connectivity index (χ2v) is 10.7. The Morgan fingerprint density at radius 1 is 1.11 bits per heavy atom. The Morgan fingerprint density at radius 2 is 1.93 bits per heavy atom. The van der Waals surface area contributed by atoms with Crippen molar-refractivity contribution in [3.05, 3.63) is 107 Å². The third kappa shape index (κ3) is 7.71. The fraction of sp³-hybridized carbons (Fsp3) is 0.226. The van der Waals surface area contributed by atoms with Crippen LogP contribution in [0.15, 0.2) is 79.1 Å². The van der Waals surface area contributed by atoms with Gasteiger partial charge in [-0.25, -0.2) is 4.39 Å². The second kappa shape index (κ2) is 14.0. The highest BCUT2D eigenvalue weighted by Gasteiger charge is 2.27. The van der Waals surface area contributed by atoms with E-state index >= 15 is 0 Å². The molecule has 2 heterocycles. The standard InChI is InChI=1S/C31H29ClFN7O4/c32-22-8-12-28(40-19-34-37-38-40)21(16-22)7-13-29(42)36-27(11-6-20-4-2-1-3-5-20)30(43)35-23-9-10-25(26(33)17-23)31(44)39-15-14-24(41)18-39/h1-5,7-10,12-13,16-17,19,24,27,41H,6,11,14-15,18H2,(H,35,43)(H,36,42)/b13-7+/t24-,27+/m1/s1. The normalized spacial score (nSPS) is 15.3. The van der Waals surface area contributed by atoms with Gasteiger partial charge in [0, 0.05) is 35.4 Å². The van der Waals surface area contributed by atoms with Crippen molar-refractivity contribution in [2.75, 3.05) is 18.4 Å². The molecule has 44 heavy (non-hydrogen) atoms. The Morgan fingerprint density at radius 3 is 2.64 bits per heavy atom. The largest absolute Gasteiger partial charge is 0.391 e. The van der Waals surface area contributed by atoms with Crippen LogP contribution in [0.5, 0.6) is 0 Å². The lowest BCUT2D eigenvalue weighted by molar-refractivity contribution is -0.123. The summed E-state index contributed by atoms with van der Waals surface area (Å²) < 4.78 is 16.4. The predicted molar refractivity (Wildman–Crippen MR) is 161 cm³/mol. The average molecular weight is 618 g/mol. The van der Waals surface area contributed by atoms with Crippen LogP contribution in [0.4, 0.5) is 10.1 Å². The summed E-state index contributed by atoms with van der Waals surface area (Å²) in [6.07, 6.45) is 4.78. The van der Waals surface area contributed by atoms with Crippen molar-refractivity contribution in [1.29, 1.82) is 0 Å². The number of aliphatic hydroxyl groups is 1. The van der Waals surface area contributed by atoms with Gasteiger partial charge in [0.25, 0.3) is 5.91 Å². The number of halogens is 2. The van der Waals surface area contributed by atoms with Gasteiger partial charge in [-0.05, 0) is 77.7 Å². The number of anilines is 1. The number of amides is 3. The lowest BCUT2D eigenvalue weighted by Gasteiger charge is -2.19. The summed E-state index contributed by atoms with van der Waals surface area (Å²) in [6.45, 7) is 0.482. The Hall–Kier alpha value is -4.94. The number of nitrogens with one attached hydrogen (secondary N) is 2. The van der Waals surface area contributed by atoms with Gasteiger partial charge < -0.3 is 20.6 Å². The molecule has 0 bridgehead atoms. The molecule has 1 aliphatic heterocycles. The van der Waals surface area contributed by atoms with Gasteiger partial charge in [0.1, 0.15) is 18.2 Å². The molecule has 226 valence electrons. The van der Waals surface area contributed by atoms with Gasteiger partial charge in [-0.2, -0.15) is 4.68 Å². The zero-order chi connectivity index (χ0) is 31.1. The molecule has 1 aliphatic rings. The van der Waals surface area contributed by atoms with Crippen molar-refractivity contribution >= 4 is 41.1 Å². The van der Waals surface area contributed by atoms with Crippen LogP contribution >= 0.6 is 11.6 Å². The highest BCUT2D eigenvalue weighted by Crippen LogP contribution is 2.21. The van der Waals surface area contributed by atoms with Crippen molar-refractivity contribution in [2.24, 2.45) is 0 Å². The van der Waals surface area contributed by atoms with Crippen LogP contribution < -0.4 is 10.6 Å². The van der Waals surface area contributed by atoms with Gasteiger partial charge in [0.2, 0.25) is 11.8 Å². The minimum atomic E-state index is -0.971. The molecule has 4 aromatic rings. The van der Waals surface area contributed by atoms with Crippen LogP contribution in [0.3, 0.4) is 0 Å². The molecule has 5 rings (SSSR count). The molecule has 2 atom stereocenters. The third-order valence-corrected chi connectivity index (χ3v) is 7.35. The lowest BCUT2D eigenvalue weighted by Crippen LogP contribution is -2.43. The molecular weight excluding hydrogens is 589 g/mol.